The van der Waals surface area contributed by atoms with Crippen LogP contribution in [0.25, 0.3) is 0 Å². The van der Waals surface area contributed by atoms with E-state index < -0.39 is 5.97 Å². The van der Waals surface area contributed by atoms with Crippen LogP contribution >= 0.6 is 0 Å². The number of anilines is 1. The molecule has 0 heterocycles. The molecule has 0 spiro atoms. The van der Waals surface area contributed by atoms with E-state index in [1.165, 1.54) is 7.11 Å². The monoisotopic (exact) mass is 253 g/mol. The summed E-state index contributed by atoms with van der Waals surface area (Å²) in [7, 11) is 1.49. The molecule has 100 valence electrons. The molecule has 1 aromatic rings. The Labute approximate surface area is 107 Å². The third kappa shape index (κ3) is 4.25. The van der Waals surface area contributed by atoms with Gasteiger partial charge in [-0.1, -0.05) is 0 Å². The van der Waals surface area contributed by atoms with E-state index in [0.29, 0.717) is 43.2 Å². The van der Waals surface area contributed by atoms with Crippen LogP contribution in [0.4, 0.5) is 5.69 Å². The molecule has 0 aliphatic heterocycles. The highest BCUT2D eigenvalue weighted by molar-refractivity contribution is 5.93. The van der Waals surface area contributed by atoms with Gasteiger partial charge in [0.15, 0.2) is 0 Å². The molecule has 0 unspecified atom stereocenters. The van der Waals surface area contributed by atoms with Crippen LogP contribution in [0.5, 0.6) is 5.75 Å². The van der Waals surface area contributed by atoms with E-state index in [2.05, 4.69) is 0 Å². The van der Waals surface area contributed by atoms with Gasteiger partial charge in [-0.2, -0.15) is 0 Å². The van der Waals surface area contributed by atoms with Crippen LogP contribution in [0.2, 0.25) is 0 Å². The van der Waals surface area contributed by atoms with Gasteiger partial charge in [0.1, 0.15) is 11.3 Å². The van der Waals surface area contributed by atoms with E-state index in [4.69, 9.17) is 19.9 Å². The molecule has 0 radical (unpaired) electrons. The van der Waals surface area contributed by atoms with E-state index in [1.54, 1.807) is 18.2 Å². The molecule has 0 aliphatic carbocycles. The standard InChI is InChI=1S/C13H19NO4/c1-3-17-7-4-8-18-13(15)11-6-5-10(14)9-12(11)16-2/h5-6,9H,3-4,7-8,14H2,1-2H3. The predicted molar refractivity (Wildman–Crippen MR) is 68.8 cm³/mol. The summed E-state index contributed by atoms with van der Waals surface area (Å²) in [5.41, 5.74) is 6.53. The van der Waals surface area contributed by atoms with Crippen molar-refractivity contribution < 1.29 is 19.0 Å². The van der Waals surface area contributed by atoms with Crippen LogP contribution in [0.3, 0.4) is 0 Å². The molecule has 0 saturated carbocycles. The molecule has 0 atom stereocenters. The van der Waals surface area contributed by atoms with Crippen LogP contribution in [-0.4, -0.2) is 32.9 Å². The Morgan fingerprint density at radius 3 is 2.78 bits per heavy atom. The first-order chi connectivity index (χ1) is 8.69. The number of methoxy groups -OCH3 is 1. The molecule has 0 fully saturated rings. The summed E-state index contributed by atoms with van der Waals surface area (Å²) < 4.78 is 15.4. The normalized spacial score (nSPS) is 10.1. The van der Waals surface area contributed by atoms with Crippen LogP contribution in [0, 0.1) is 0 Å². The third-order valence-corrected chi connectivity index (χ3v) is 2.32. The number of hydrogen-bond donors (Lipinski definition) is 1. The molecule has 1 aromatic carbocycles. The fraction of sp³-hybridized carbons (Fsp3) is 0.462. The molecule has 1 rings (SSSR count). The van der Waals surface area contributed by atoms with Crippen molar-refractivity contribution in [1.29, 1.82) is 0 Å². The Morgan fingerprint density at radius 2 is 2.11 bits per heavy atom. The molecule has 5 heteroatoms. The van der Waals surface area contributed by atoms with Crippen molar-refractivity contribution >= 4 is 11.7 Å². The van der Waals surface area contributed by atoms with Crippen molar-refractivity contribution in [1.82, 2.24) is 0 Å². The number of carbonyl (C=O) groups excluding carboxylic acids is 1. The van der Waals surface area contributed by atoms with Crippen LogP contribution in [-0.2, 0) is 9.47 Å². The van der Waals surface area contributed by atoms with Crippen molar-refractivity contribution in [2.45, 2.75) is 13.3 Å². The minimum Gasteiger partial charge on any atom is -0.496 e. The van der Waals surface area contributed by atoms with E-state index >= 15 is 0 Å². The largest absolute Gasteiger partial charge is 0.496 e. The molecular formula is C13H19NO4. The van der Waals surface area contributed by atoms with E-state index in [1.807, 2.05) is 6.92 Å². The first-order valence-electron chi connectivity index (χ1n) is 5.87. The summed E-state index contributed by atoms with van der Waals surface area (Å²) >= 11 is 0. The summed E-state index contributed by atoms with van der Waals surface area (Å²) in [4.78, 5) is 11.8. The summed E-state index contributed by atoms with van der Waals surface area (Å²) in [5.74, 6) is 0.00755. The number of benzene rings is 1. The van der Waals surface area contributed by atoms with E-state index in [0.717, 1.165) is 0 Å². The second kappa shape index (κ2) is 7.55. The highest BCUT2D eigenvalue weighted by Crippen LogP contribution is 2.22. The second-order valence-electron chi connectivity index (χ2n) is 3.65. The molecular weight excluding hydrogens is 234 g/mol. The van der Waals surface area contributed by atoms with E-state index in [9.17, 15) is 4.79 Å². The van der Waals surface area contributed by atoms with Gasteiger partial charge >= 0.3 is 5.97 Å². The first kappa shape index (κ1) is 14.3. The molecule has 2 N–H and O–H groups in total. The van der Waals surface area contributed by atoms with Gasteiger partial charge in [0.25, 0.3) is 0 Å². The van der Waals surface area contributed by atoms with Crippen molar-refractivity contribution in [3.63, 3.8) is 0 Å². The second-order valence-corrected chi connectivity index (χ2v) is 3.65. The number of ether oxygens (including phenoxy) is 3. The number of hydrogen-bond acceptors (Lipinski definition) is 5. The van der Waals surface area contributed by atoms with Crippen molar-refractivity contribution in [2.75, 3.05) is 32.7 Å². The van der Waals surface area contributed by atoms with Gasteiger partial charge in [0, 0.05) is 31.4 Å². The van der Waals surface area contributed by atoms with Gasteiger partial charge in [-0.15, -0.1) is 0 Å². The Bertz CT molecular complexity index is 393. The lowest BCUT2D eigenvalue weighted by molar-refractivity contribution is 0.0449. The maximum Gasteiger partial charge on any atom is 0.341 e. The van der Waals surface area contributed by atoms with Crippen LogP contribution in [0.1, 0.15) is 23.7 Å². The van der Waals surface area contributed by atoms with E-state index in [-0.39, 0.29) is 0 Å². The maximum absolute atomic E-state index is 11.8. The Balaban J connectivity index is 2.51. The number of esters is 1. The number of nitrogen functional groups attached to an aromatic ring is 1. The SMILES string of the molecule is CCOCCCOC(=O)c1ccc(N)cc1OC. The zero-order valence-electron chi connectivity index (χ0n) is 10.8. The minimum absolute atomic E-state index is 0.326. The zero-order valence-corrected chi connectivity index (χ0v) is 10.8. The maximum atomic E-state index is 11.8. The third-order valence-electron chi connectivity index (χ3n) is 2.32. The fourth-order valence-electron chi connectivity index (χ4n) is 1.42. The van der Waals surface area contributed by atoms with Crippen LogP contribution < -0.4 is 10.5 Å². The van der Waals surface area contributed by atoms with Gasteiger partial charge < -0.3 is 19.9 Å². The van der Waals surface area contributed by atoms with Gasteiger partial charge in [0.2, 0.25) is 0 Å². The summed E-state index contributed by atoms with van der Waals surface area (Å²) in [6, 6.07) is 4.83. The highest BCUT2D eigenvalue weighted by Gasteiger charge is 2.13. The number of rotatable bonds is 7. The predicted octanol–water partition coefficient (Wildman–Crippen LogP) is 1.86. The minimum atomic E-state index is -0.414. The Morgan fingerprint density at radius 1 is 1.33 bits per heavy atom. The number of nitrogens with two attached hydrogens (primary N) is 1. The Hall–Kier alpha value is -1.75. The average molecular weight is 253 g/mol. The zero-order chi connectivity index (χ0) is 13.4. The summed E-state index contributed by atoms with van der Waals surface area (Å²) in [5, 5.41) is 0. The molecule has 0 bridgehead atoms. The van der Waals surface area contributed by atoms with Gasteiger partial charge in [-0.3, -0.25) is 0 Å². The number of carbonyl (C=O) groups is 1. The Kier molecular flexibility index (Phi) is 6.00. The average Bonchev–Trinajstić information content (AvgIpc) is 2.38. The van der Waals surface area contributed by atoms with Gasteiger partial charge in [0.05, 0.1) is 13.7 Å². The first-order valence-corrected chi connectivity index (χ1v) is 5.87. The lowest BCUT2D eigenvalue weighted by Gasteiger charge is -2.09. The summed E-state index contributed by atoms with van der Waals surface area (Å²) in [6.07, 6.45) is 0.677. The molecule has 0 amide bonds. The highest BCUT2D eigenvalue weighted by atomic mass is 16.5. The quantitative estimate of drug-likeness (QED) is 0.456. The van der Waals surface area contributed by atoms with Gasteiger partial charge in [-0.25, -0.2) is 4.79 Å². The lowest BCUT2D eigenvalue weighted by Crippen LogP contribution is -2.10. The van der Waals surface area contributed by atoms with Crippen molar-refractivity contribution in [3.05, 3.63) is 23.8 Å². The van der Waals surface area contributed by atoms with Gasteiger partial charge in [-0.05, 0) is 19.1 Å². The van der Waals surface area contributed by atoms with Crippen molar-refractivity contribution in [3.8, 4) is 5.75 Å². The molecule has 5 nitrogen and oxygen atoms in total. The lowest BCUT2D eigenvalue weighted by atomic mass is 10.2. The fourth-order valence-corrected chi connectivity index (χ4v) is 1.42. The van der Waals surface area contributed by atoms with Crippen LogP contribution in [0.15, 0.2) is 18.2 Å². The molecule has 0 aromatic heterocycles. The summed E-state index contributed by atoms with van der Waals surface area (Å²) in [6.45, 7) is 3.50. The smallest absolute Gasteiger partial charge is 0.341 e. The topological polar surface area (TPSA) is 70.8 Å². The molecule has 0 aliphatic rings. The molecule has 0 saturated heterocycles. The molecule has 18 heavy (non-hydrogen) atoms. The van der Waals surface area contributed by atoms with Crippen molar-refractivity contribution in [2.24, 2.45) is 0 Å².